The van der Waals surface area contributed by atoms with Crippen molar-refractivity contribution >= 4 is 28.6 Å². The number of hydrogen-bond donors (Lipinski definition) is 2. The Labute approximate surface area is 104 Å². The van der Waals surface area contributed by atoms with E-state index in [1.165, 1.54) is 11.3 Å². The van der Waals surface area contributed by atoms with Gasteiger partial charge in [0.1, 0.15) is 0 Å². The molecule has 4 heteroatoms. The number of nitrogen functional groups attached to an aromatic ring is 1. The van der Waals surface area contributed by atoms with Gasteiger partial charge in [0.05, 0.1) is 5.56 Å². The molecule has 0 aliphatic carbocycles. The molecule has 17 heavy (non-hydrogen) atoms. The fraction of sp³-hybridized carbons (Fsp3) is 0.154. The number of carbonyl (C=O) groups is 1. The summed E-state index contributed by atoms with van der Waals surface area (Å²) in [5.74, 6) is -0.0994. The summed E-state index contributed by atoms with van der Waals surface area (Å²) in [5, 5.41) is 6.57. The molecule has 0 aliphatic heterocycles. The van der Waals surface area contributed by atoms with Gasteiger partial charge >= 0.3 is 0 Å². The number of benzene rings is 1. The summed E-state index contributed by atoms with van der Waals surface area (Å²) in [5.41, 5.74) is 10.0. The number of nitrogens with one attached hydrogen (secondary N) is 1. The minimum atomic E-state index is -0.0994. The first-order valence-corrected chi connectivity index (χ1v) is 6.22. The van der Waals surface area contributed by atoms with Gasteiger partial charge in [-0.3, -0.25) is 4.79 Å². The van der Waals surface area contributed by atoms with Crippen LogP contribution in [0.1, 0.15) is 21.5 Å². The molecule has 1 amide bonds. The van der Waals surface area contributed by atoms with Crippen LogP contribution in [-0.4, -0.2) is 5.91 Å². The number of hydrogen-bond acceptors (Lipinski definition) is 3. The van der Waals surface area contributed by atoms with E-state index >= 15 is 0 Å². The first kappa shape index (κ1) is 11.7. The zero-order valence-electron chi connectivity index (χ0n) is 9.78. The van der Waals surface area contributed by atoms with E-state index in [2.05, 4.69) is 5.32 Å². The molecule has 0 atom stereocenters. The highest BCUT2D eigenvalue weighted by Crippen LogP contribution is 2.23. The second-order valence-corrected chi connectivity index (χ2v) is 4.77. The van der Waals surface area contributed by atoms with E-state index in [0.717, 1.165) is 16.8 Å². The molecule has 1 aromatic heterocycles. The summed E-state index contributed by atoms with van der Waals surface area (Å²) < 4.78 is 0. The van der Waals surface area contributed by atoms with Crippen molar-refractivity contribution in [2.45, 2.75) is 13.8 Å². The third-order valence-electron chi connectivity index (χ3n) is 2.64. The van der Waals surface area contributed by atoms with E-state index in [-0.39, 0.29) is 5.91 Å². The lowest BCUT2D eigenvalue weighted by Gasteiger charge is -2.10. The lowest BCUT2D eigenvalue weighted by Crippen LogP contribution is -2.12. The second-order valence-electron chi connectivity index (χ2n) is 3.99. The van der Waals surface area contributed by atoms with E-state index in [0.29, 0.717) is 11.3 Å². The summed E-state index contributed by atoms with van der Waals surface area (Å²) in [7, 11) is 0. The van der Waals surface area contributed by atoms with Gasteiger partial charge in [-0.25, -0.2) is 0 Å². The quantitative estimate of drug-likeness (QED) is 0.799. The highest BCUT2D eigenvalue weighted by atomic mass is 32.1. The molecule has 0 unspecified atom stereocenters. The Morgan fingerprint density at radius 2 is 2.06 bits per heavy atom. The molecule has 0 spiro atoms. The molecule has 1 heterocycles. The van der Waals surface area contributed by atoms with Gasteiger partial charge in [-0.1, -0.05) is 6.07 Å². The molecule has 3 nitrogen and oxygen atoms in total. The van der Waals surface area contributed by atoms with Gasteiger partial charge in [0.15, 0.2) is 0 Å². The molecule has 88 valence electrons. The third-order valence-corrected chi connectivity index (χ3v) is 3.33. The van der Waals surface area contributed by atoms with Crippen molar-refractivity contribution in [1.29, 1.82) is 0 Å². The Bertz CT molecular complexity index is 547. The summed E-state index contributed by atoms with van der Waals surface area (Å²) in [6.45, 7) is 3.91. The van der Waals surface area contributed by atoms with Crippen molar-refractivity contribution in [1.82, 2.24) is 0 Å². The van der Waals surface area contributed by atoms with Crippen LogP contribution in [0.15, 0.2) is 29.0 Å². The van der Waals surface area contributed by atoms with Gasteiger partial charge in [0.25, 0.3) is 5.91 Å². The van der Waals surface area contributed by atoms with E-state index in [4.69, 9.17) is 5.73 Å². The molecule has 0 saturated heterocycles. The summed E-state index contributed by atoms with van der Waals surface area (Å²) in [6, 6.07) is 5.57. The number of carbonyl (C=O) groups excluding carboxylic acids is 1. The second kappa shape index (κ2) is 4.59. The molecule has 1 aromatic carbocycles. The Morgan fingerprint density at radius 3 is 2.71 bits per heavy atom. The van der Waals surface area contributed by atoms with Crippen LogP contribution in [0.3, 0.4) is 0 Å². The van der Waals surface area contributed by atoms with Gasteiger partial charge in [-0.05, 0) is 42.5 Å². The van der Waals surface area contributed by atoms with E-state index in [9.17, 15) is 4.79 Å². The van der Waals surface area contributed by atoms with Crippen LogP contribution in [0.5, 0.6) is 0 Å². The number of rotatable bonds is 2. The SMILES string of the molecule is Cc1cc(C)c(NC(=O)c2ccsc2)cc1N. The van der Waals surface area contributed by atoms with E-state index in [1.54, 1.807) is 12.1 Å². The largest absolute Gasteiger partial charge is 0.398 e. The molecular weight excluding hydrogens is 232 g/mol. The maximum atomic E-state index is 11.9. The number of nitrogens with two attached hydrogens (primary N) is 1. The van der Waals surface area contributed by atoms with Gasteiger partial charge in [0.2, 0.25) is 0 Å². The van der Waals surface area contributed by atoms with E-state index in [1.807, 2.05) is 30.7 Å². The van der Waals surface area contributed by atoms with Gasteiger partial charge < -0.3 is 11.1 Å². The summed E-state index contributed by atoms with van der Waals surface area (Å²) >= 11 is 1.50. The standard InChI is InChI=1S/C13H14N2OS/c1-8-5-9(2)12(6-11(8)14)15-13(16)10-3-4-17-7-10/h3-7H,14H2,1-2H3,(H,15,16). The van der Waals surface area contributed by atoms with Crippen molar-refractivity contribution < 1.29 is 4.79 Å². The smallest absolute Gasteiger partial charge is 0.256 e. The maximum absolute atomic E-state index is 11.9. The average molecular weight is 246 g/mol. The van der Waals surface area contributed by atoms with Crippen LogP contribution in [0.25, 0.3) is 0 Å². The van der Waals surface area contributed by atoms with E-state index < -0.39 is 0 Å². The Morgan fingerprint density at radius 1 is 1.29 bits per heavy atom. The van der Waals surface area contributed by atoms with Crippen LogP contribution < -0.4 is 11.1 Å². The predicted molar refractivity (Wildman–Crippen MR) is 72.6 cm³/mol. The summed E-state index contributed by atoms with van der Waals surface area (Å²) in [6.07, 6.45) is 0. The Hall–Kier alpha value is -1.81. The molecule has 2 rings (SSSR count). The highest BCUT2D eigenvalue weighted by molar-refractivity contribution is 7.08. The topological polar surface area (TPSA) is 55.1 Å². The monoisotopic (exact) mass is 246 g/mol. The zero-order valence-corrected chi connectivity index (χ0v) is 10.6. The van der Waals surface area contributed by atoms with Crippen LogP contribution in [-0.2, 0) is 0 Å². The number of amides is 1. The third kappa shape index (κ3) is 2.47. The first-order valence-electron chi connectivity index (χ1n) is 5.28. The van der Waals surface area contributed by atoms with Crippen molar-refractivity contribution in [2.75, 3.05) is 11.1 Å². The molecule has 0 aliphatic rings. The predicted octanol–water partition coefficient (Wildman–Crippen LogP) is 3.20. The Kier molecular flexibility index (Phi) is 3.15. The average Bonchev–Trinajstić information content (AvgIpc) is 2.79. The molecule has 3 N–H and O–H groups in total. The van der Waals surface area contributed by atoms with Crippen LogP contribution in [0, 0.1) is 13.8 Å². The first-order chi connectivity index (χ1) is 8.08. The van der Waals surface area contributed by atoms with Gasteiger partial charge in [-0.2, -0.15) is 11.3 Å². The van der Waals surface area contributed by atoms with Crippen LogP contribution in [0.4, 0.5) is 11.4 Å². The Balaban J connectivity index is 2.25. The molecule has 0 fully saturated rings. The van der Waals surface area contributed by atoms with Crippen molar-refractivity contribution in [3.05, 3.63) is 45.6 Å². The molecule has 0 saturated carbocycles. The van der Waals surface area contributed by atoms with Gasteiger partial charge in [-0.15, -0.1) is 0 Å². The number of anilines is 2. The van der Waals surface area contributed by atoms with Crippen LogP contribution in [0.2, 0.25) is 0 Å². The lowest BCUT2D eigenvalue weighted by atomic mass is 10.1. The number of aryl methyl sites for hydroxylation is 2. The summed E-state index contributed by atoms with van der Waals surface area (Å²) in [4.78, 5) is 11.9. The molecule has 0 bridgehead atoms. The van der Waals surface area contributed by atoms with Crippen molar-refractivity contribution in [3.63, 3.8) is 0 Å². The lowest BCUT2D eigenvalue weighted by molar-refractivity contribution is 0.102. The normalized spacial score (nSPS) is 10.2. The van der Waals surface area contributed by atoms with Crippen LogP contribution >= 0.6 is 11.3 Å². The zero-order chi connectivity index (χ0) is 12.4. The fourth-order valence-corrected chi connectivity index (χ4v) is 2.23. The van der Waals surface area contributed by atoms with Crippen molar-refractivity contribution in [3.8, 4) is 0 Å². The minimum absolute atomic E-state index is 0.0994. The van der Waals surface area contributed by atoms with Crippen molar-refractivity contribution in [2.24, 2.45) is 0 Å². The molecular formula is C13H14N2OS. The molecule has 0 radical (unpaired) electrons. The highest BCUT2D eigenvalue weighted by Gasteiger charge is 2.09. The minimum Gasteiger partial charge on any atom is -0.398 e. The number of thiophene rings is 1. The maximum Gasteiger partial charge on any atom is 0.256 e. The fourth-order valence-electron chi connectivity index (χ4n) is 1.59. The van der Waals surface area contributed by atoms with Gasteiger partial charge in [0, 0.05) is 16.8 Å². The molecule has 2 aromatic rings.